The second-order valence-electron chi connectivity index (χ2n) is 6.25. The number of hydrogen-bond acceptors (Lipinski definition) is 6. The van der Waals surface area contributed by atoms with Crippen LogP contribution in [-0.2, 0) is 4.74 Å². The molecule has 24 heavy (non-hydrogen) atoms. The zero-order valence-corrected chi connectivity index (χ0v) is 14.7. The van der Waals surface area contributed by atoms with Gasteiger partial charge >= 0.3 is 6.01 Å². The Balaban J connectivity index is 2.40. The van der Waals surface area contributed by atoms with Gasteiger partial charge in [0, 0.05) is 18.1 Å². The molecule has 1 heterocycles. The van der Waals surface area contributed by atoms with Crippen molar-refractivity contribution >= 4 is 5.91 Å². The van der Waals surface area contributed by atoms with Gasteiger partial charge in [-0.1, -0.05) is 20.8 Å². The Kier molecular flexibility index (Phi) is 5.56. The molecule has 0 fully saturated rings. The van der Waals surface area contributed by atoms with E-state index in [4.69, 9.17) is 14.2 Å². The van der Waals surface area contributed by atoms with Crippen molar-refractivity contribution in [1.29, 1.82) is 0 Å². The quantitative estimate of drug-likeness (QED) is 0.757. The van der Waals surface area contributed by atoms with Gasteiger partial charge in [-0.15, -0.1) is 5.10 Å². The van der Waals surface area contributed by atoms with Gasteiger partial charge in [0.1, 0.15) is 12.4 Å². The third-order valence-electron chi connectivity index (χ3n) is 3.29. The van der Waals surface area contributed by atoms with E-state index in [0.29, 0.717) is 19.0 Å². The van der Waals surface area contributed by atoms with E-state index in [1.54, 1.807) is 26.4 Å². The fourth-order valence-corrected chi connectivity index (χ4v) is 1.96. The smallest absolute Gasteiger partial charge is 0.336 e. The first-order valence-corrected chi connectivity index (χ1v) is 7.65. The fraction of sp³-hybridized carbons (Fsp3) is 0.471. The monoisotopic (exact) mass is 333 g/mol. The number of aromatic nitrogens is 3. The topological polar surface area (TPSA) is 75.5 Å². The molecule has 2 aromatic rings. The van der Waals surface area contributed by atoms with Gasteiger partial charge in [-0.25, -0.2) is 0 Å². The number of ether oxygens (including phenoxy) is 3. The Morgan fingerprint density at radius 2 is 1.79 bits per heavy atom. The second-order valence-corrected chi connectivity index (χ2v) is 6.25. The highest BCUT2D eigenvalue weighted by atomic mass is 16.5. The molecule has 0 aliphatic carbocycles. The largest absolute Gasteiger partial charge is 0.497 e. The molecule has 130 valence electrons. The summed E-state index contributed by atoms with van der Waals surface area (Å²) >= 11 is 0. The van der Waals surface area contributed by atoms with Gasteiger partial charge in [0.2, 0.25) is 0 Å². The Labute approximate surface area is 141 Å². The van der Waals surface area contributed by atoms with E-state index in [-0.39, 0.29) is 11.9 Å². The standard InChI is InChI=1S/C17H23N3O4/c1-17(2,3)15(21)20-14(12-6-8-13(23-5)9-7-12)18-16(19-20)24-11-10-22-4/h6-9H,10-11H2,1-5H3. The molecule has 0 radical (unpaired) electrons. The Hall–Kier alpha value is -2.41. The lowest BCUT2D eigenvalue weighted by Crippen LogP contribution is -2.28. The van der Waals surface area contributed by atoms with E-state index in [0.717, 1.165) is 11.3 Å². The lowest BCUT2D eigenvalue weighted by atomic mass is 9.95. The maximum absolute atomic E-state index is 12.7. The average Bonchev–Trinajstić information content (AvgIpc) is 2.97. The van der Waals surface area contributed by atoms with Crippen LogP contribution in [0.15, 0.2) is 24.3 Å². The van der Waals surface area contributed by atoms with Crippen molar-refractivity contribution in [3.05, 3.63) is 24.3 Å². The third-order valence-corrected chi connectivity index (χ3v) is 3.29. The molecule has 2 rings (SSSR count). The zero-order valence-electron chi connectivity index (χ0n) is 14.7. The van der Waals surface area contributed by atoms with Gasteiger partial charge in [-0.05, 0) is 24.3 Å². The summed E-state index contributed by atoms with van der Waals surface area (Å²) in [6.45, 7) is 6.23. The van der Waals surface area contributed by atoms with Gasteiger partial charge < -0.3 is 14.2 Å². The summed E-state index contributed by atoms with van der Waals surface area (Å²) in [4.78, 5) is 17.0. The van der Waals surface area contributed by atoms with Crippen LogP contribution >= 0.6 is 0 Å². The molecule has 1 aromatic carbocycles. The Morgan fingerprint density at radius 1 is 1.12 bits per heavy atom. The number of benzene rings is 1. The number of hydrogen-bond donors (Lipinski definition) is 0. The van der Waals surface area contributed by atoms with Gasteiger partial charge in [-0.2, -0.15) is 9.67 Å². The highest BCUT2D eigenvalue weighted by Gasteiger charge is 2.28. The molecule has 0 bridgehead atoms. The van der Waals surface area contributed by atoms with E-state index in [2.05, 4.69) is 10.1 Å². The maximum Gasteiger partial charge on any atom is 0.336 e. The Bertz CT molecular complexity index is 687. The minimum Gasteiger partial charge on any atom is -0.497 e. The zero-order chi connectivity index (χ0) is 17.7. The summed E-state index contributed by atoms with van der Waals surface area (Å²) in [5, 5.41) is 4.21. The molecule has 0 aliphatic rings. The van der Waals surface area contributed by atoms with Crippen LogP contribution in [0.2, 0.25) is 0 Å². The first kappa shape index (κ1) is 17.9. The summed E-state index contributed by atoms with van der Waals surface area (Å²) in [7, 11) is 3.18. The van der Waals surface area contributed by atoms with Crippen molar-refractivity contribution in [3.63, 3.8) is 0 Å². The Morgan fingerprint density at radius 3 is 2.33 bits per heavy atom. The van der Waals surface area contributed by atoms with Crippen molar-refractivity contribution in [2.24, 2.45) is 5.41 Å². The van der Waals surface area contributed by atoms with Crippen LogP contribution < -0.4 is 9.47 Å². The van der Waals surface area contributed by atoms with Crippen molar-refractivity contribution in [2.45, 2.75) is 20.8 Å². The third kappa shape index (κ3) is 4.11. The van der Waals surface area contributed by atoms with Crippen molar-refractivity contribution in [2.75, 3.05) is 27.4 Å². The predicted octanol–water partition coefficient (Wildman–Crippen LogP) is 2.67. The van der Waals surface area contributed by atoms with Crippen LogP contribution in [0.5, 0.6) is 11.8 Å². The minimum absolute atomic E-state index is 0.149. The van der Waals surface area contributed by atoms with E-state index < -0.39 is 5.41 Å². The molecule has 0 saturated carbocycles. The van der Waals surface area contributed by atoms with Crippen LogP contribution in [0.1, 0.15) is 25.6 Å². The summed E-state index contributed by atoms with van der Waals surface area (Å²) < 4.78 is 16.9. The van der Waals surface area contributed by atoms with Crippen LogP contribution in [-0.4, -0.2) is 48.1 Å². The molecule has 0 N–H and O–H groups in total. The maximum atomic E-state index is 12.7. The highest BCUT2D eigenvalue weighted by Crippen LogP contribution is 2.26. The number of rotatable bonds is 6. The molecule has 7 nitrogen and oxygen atoms in total. The number of nitrogens with zero attached hydrogens (tertiary/aromatic N) is 3. The molecule has 0 saturated heterocycles. The molecule has 0 spiro atoms. The van der Waals surface area contributed by atoms with Crippen LogP contribution in [0.3, 0.4) is 0 Å². The van der Waals surface area contributed by atoms with Gasteiger partial charge in [-0.3, -0.25) is 4.79 Å². The number of methoxy groups -OCH3 is 2. The number of carbonyl (C=O) groups is 1. The average molecular weight is 333 g/mol. The van der Waals surface area contributed by atoms with Gasteiger partial charge in [0.15, 0.2) is 5.82 Å². The van der Waals surface area contributed by atoms with E-state index in [1.165, 1.54) is 4.68 Å². The first-order valence-electron chi connectivity index (χ1n) is 7.65. The van der Waals surface area contributed by atoms with Crippen molar-refractivity contribution in [3.8, 4) is 23.1 Å². The normalized spacial score (nSPS) is 11.4. The van der Waals surface area contributed by atoms with Crippen molar-refractivity contribution < 1.29 is 19.0 Å². The molecular weight excluding hydrogens is 310 g/mol. The highest BCUT2D eigenvalue weighted by molar-refractivity contribution is 5.86. The second kappa shape index (κ2) is 7.44. The van der Waals surface area contributed by atoms with E-state index in [1.807, 2.05) is 32.9 Å². The summed E-state index contributed by atoms with van der Waals surface area (Å²) in [6.07, 6.45) is 0. The molecule has 7 heteroatoms. The van der Waals surface area contributed by atoms with Crippen LogP contribution in [0, 0.1) is 5.41 Å². The number of carbonyl (C=O) groups excluding carboxylic acids is 1. The molecule has 0 atom stereocenters. The fourth-order valence-electron chi connectivity index (χ4n) is 1.96. The minimum atomic E-state index is -0.598. The lowest BCUT2D eigenvalue weighted by Gasteiger charge is -2.16. The first-order chi connectivity index (χ1) is 11.4. The molecule has 0 aliphatic heterocycles. The van der Waals surface area contributed by atoms with E-state index in [9.17, 15) is 4.79 Å². The molecular formula is C17H23N3O4. The molecule has 1 aromatic heterocycles. The SMILES string of the molecule is COCCOc1nc(-c2ccc(OC)cc2)n(C(=O)C(C)(C)C)n1. The van der Waals surface area contributed by atoms with E-state index >= 15 is 0 Å². The van der Waals surface area contributed by atoms with Gasteiger partial charge in [0.25, 0.3) is 5.91 Å². The predicted molar refractivity (Wildman–Crippen MR) is 89.5 cm³/mol. The summed E-state index contributed by atoms with van der Waals surface area (Å²) in [5.41, 5.74) is 0.154. The van der Waals surface area contributed by atoms with Gasteiger partial charge in [0.05, 0.1) is 13.7 Å². The lowest BCUT2D eigenvalue weighted by molar-refractivity contribution is 0.0747. The van der Waals surface area contributed by atoms with Crippen LogP contribution in [0.4, 0.5) is 0 Å². The molecule has 0 unspecified atom stereocenters. The molecule has 0 amide bonds. The summed E-state index contributed by atoms with van der Waals surface area (Å²) in [5.74, 6) is 0.996. The van der Waals surface area contributed by atoms with Crippen molar-refractivity contribution in [1.82, 2.24) is 14.8 Å². The summed E-state index contributed by atoms with van der Waals surface area (Å²) in [6, 6.07) is 7.42. The van der Waals surface area contributed by atoms with Crippen LogP contribution in [0.25, 0.3) is 11.4 Å².